The van der Waals surface area contributed by atoms with Gasteiger partial charge in [0.1, 0.15) is 11.6 Å². The van der Waals surface area contributed by atoms with E-state index in [4.69, 9.17) is 16.0 Å². The van der Waals surface area contributed by atoms with Gasteiger partial charge in [-0.15, -0.1) is 0 Å². The van der Waals surface area contributed by atoms with Crippen LogP contribution in [0.1, 0.15) is 18.6 Å². The molecule has 1 fully saturated rings. The first-order valence-electron chi connectivity index (χ1n) is 9.47. The SMILES string of the molecule is O=C(NCC1CCN(C(=O)/C=C/c2ccco2)CC1)C(=O)Nc1ccc(F)c(Cl)c1. The third kappa shape index (κ3) is 5.93. The molecule has 0 spiro atoms. The molecule has 1 aliphatic heterocycles. The summed E-state index contributed by atoms with van der Waals surface area (Å²) in [6, 6.07) is 7.17. The molecule has 0 aliphatic carbocycles. The van der Waals surface area contributed by atoms with E-state index < -0.39 is 17.6 Å². The minimum absolute atomic E-state index is 0.0915. The normalized spacial score (nSPS) is 14.7. The van der Waals surface area contributed by atoms with Crippen molar-refractivity contribution in [2.24, 2.45) is 5.92 Å². The highest BCUT2D eigenvalue weighted by Crippen LogP contribution is 2.19. The van der Waals surface area contributed by atoms with Crippen molar-refractivity contribution in [3.8, 4) is 0 Å². The molecule has 2 heterocycles. The zero-order valence-corrected chi connectivity index (χ0v) is 16.8. The Hall–Kier alpha value is -3.13. The molecule has 7 nitrogen and oxygen atoms in total. The minimum Gasteiger partial charge on any atom is -0.465 e. The molecular formula is C21H21ClFN3O4. The fourth-order valence-corrected chi connectivity index (χ4v) is 3.26. The second-order valence-corrected chi connectivity index (χ2v) is 7.32. The average molecular weight is 434 g/mol. The number of carbonyl (C=O) groups excluding carboxylic acids is 3. The van der Waals surface area contributed by atoms with Crippen LogP contribution in [-0.4, -0.2) is 42.3 Å². The van der Waals surface area contributed by atoms with Crippen molar-refractivity contribution < 1.29 is 23.2 Å². The summed E-state index contributed by atoms with van der Waals surface area (Å²) in [5.41, 5.74) is 0.232. The van der Waals surface area contributed by atoms with E-state index >= 15 is 0 Å². The van der Waals surface area contributed by atoms with E-state index in [0.29, 0.717) is 25.4 Å². The molecule has 158 valence electrons. The van der Waals surface area contributed by atoms with Crippen molar-refractivity contribution in [1.29, 1.82) is 0 Å². The van der Waals surface area contributed by atoms with Gasteiger partial charge in [-0.2, -0.15) is 0 Å². The molecule has 0 unspecified atom stereocenters. The average Bonchev–Trinajstić information content (AvgIpc) is 3.27. The van der Waals surface area contributed by atoms with Crippen molar-refractivity contribution in [3.63, 3.8) is 0 Å². The van der Waals surface area contributed by atoms with E-state index in [0.717, 1.165) is 18.9 Å². The number of piperidine rings is 1. The summed E-state index contributed by atoms with van der Waals surface area (Å²) in [6.45, 7) is 1.48. The quantitative estimate of drug-likeness (QED) is 0.560. The topological polar surface area (TPSA) is 91.7 Å². The number of likely N-dealkylation sites (tertiary alicyclic amines) is 1. The maximum absolute atomic E-state index is 13.1. The number of rotatable bonds is 5. The van der Waals surface area contributed by atoms with Gasteiger partial charge in [0.15, 0.2) is 0 Å². The smallest absolute Gasteiger partial charge is 0.313 e. The molecule has 9 heteroatoms. The second kappa shape index (κ2) is 10.1. The first kappa shape index (κ1) is 21.6. The lowest BCUT2D eigenvalue weighted by Crippen LogP contribution is -2.43. The Balaban J connectivity index is 1.39. The first-order chi connectivity index (χ1) is 14.4. The molecular weight excluding hydrogens is 413 g/mol. The molecule has 1 aliphatic rings. The number of amides is 3. The molecule has 3 amide bonds. The molecule has 30 heavy (non-hydrogen) atoms. The standard InChI is InChI=1S/C21H21ClFN3O4/c22-17-12-15(3-5-18(17)23)25-21(29)20(28)24-13-14-7-9-26(10-8-14)19(27)6-4-16-2-1-11-30-16/h1-6,11-12,14H,7-10,13H2,(H,24,28)(H,25,29)/b6-4+. The van der Waals surface area contributed by atoms with Crippen LogP contribution in [0, 0.1) is 11.7 Å². The number of halogens is 2. The number of furan rings is 1. The Morgan fingerprint density at radius 3 is 2.63 bits per heavy atom. The van der Waals surface area contributed by atoms with Crippen LogP contribution in [0.15, 0.2) is 47.1 Å². The fourth-order valence-electron chi connectivity index (χ4n) is 3.08. The number of hydrogen-bond donors (Lipinski definition) is 2. The van der Waals surface area contributed by atoms with Gasteiger partial charge in [0.05, 0.1) is 11.3 Å². The van der Waals surface area contributed by atoms with Crippen molar-refractivity contribution in [2.75, 3.05) is 25.0 Å². The van der Waals surface area contributed by atoms with Crippen LogP contribution >= 0.6 is 11.6 Å². The largest absolute Gasteiger partial charge is 0.465 e. The predicted octanol–water partition coefficient (Wildman–Crippen LogP) is 3.08. The van der Waals surface area contributed by atoms with Gasteiger partial charge in [-0.05, 0) is 55.2 Å². The van der Waals surface area contributed by atoms with Crippen LogP contribution in [0.5, 0.6) is 0 Å². The van der Waals surface area contributed by atoms with Crippen LogP contribution in [-0.2, 0) is 14.4 Å². The summed E-state index contributed by atoms with van der Waals surface area (Å²) in [7, 11) is 0. The van der Waals surface area contributed by atoms with Crippen molar-refractivity contribution >= 4 is 41.1 Å². The van der Waals surface area contributed by atoms with Gasteiger partial charge in [-0.25, -0.2) is 4.39 Å². The Morgan fingerprint density at radius 1 is 1.20 bits per heavy atom. The van der Waals surface area contributed by atoms with Crippen LogP contribution in [0.3, 0.4) is 0 Å². The van der Waals surface area contributed by atoms with E-state index in [1.165, 1.54) is 18.2 Å². The Labute approximate surface area is 177 Å². The summed E-state index contributed by atoms with van der Waals surface area (Å²) in [5.74, 6) is -1.56. The highest BCUT2D eigenvalue weighted by atomic mass is 35.5. The summed E-state index contributed by atoms with van der Waals surface area (Å²) >= 11 is 5.66. The van der Waals surface area contributed by atoms with E-state index in [2.05, 4.69) is 10.6 Å². The van der Waals surface area contributed by atoms with E-state index in [1.54, 1.807) is 29.4 Å². The van der Waals surface area contributed by atoms with Crippen molar-refractivity contribution in [1.82, 2.24) is 10.2 Å². The zero-order chi connectivity index (χ0) is 21.5. The molecule has 1 aromatic carbocycles. The van der Waals surface area contributed by atoms with Gasteiger partial charge < -0.3 is 20.0 Å². The Morgan fingerprint density at radius 2 is 1.97 bits per heavy atom. The van der Waals surface area contributed by atoms with Gasteiger partial charge in [-0.1, -0.05) is 11.6 Å². The molecule has 0 atom stereocenters. The monoisotopic (exact) mass is 433 g/mol. The van der Waals surface area contributed by atoms with Crippen LogP contribution < -0.4 is 10.6 Å². The Bertz CT molecular complexity index is 938. The first-order valence-corrected chi connectivity index (χ1v) is 9.85. The molecule has 2 N–H and O–H groups in total. The summed E-state index contributed by atoms with van der Waals surface area (Å²) in [6.07, 6.45) is 6.08. The molecule has 2 aromatic rings. The minimum atomic E-state index is -0.853. The van der Waals surface area contributed by atoms with E-state index in [-0.39, 0.29) is 22.5 Å². The maximum atomic E-state index is 13.1. The molecule has 0 radical (unpaired) electrons. The lowest BCUT2D eigenvalue weighted by atomic mass is 9.96. The highest BCUT2D eigenvalue weighted by molar-refractivity contribution is 6.39. The van der Waals surface area contributed by atoms with Gasteiger partial charge in [-0.3, -0.25) is 14.4 Å². The maximum Gasteiger partial charge on any atom is 0.313 e. The van der Waals surface area contributed by atoms with Crippen LogP contribution in [0.2, 0.25) is 5.02 Å². The van der Waals surface area contributed by atoms with E-state index in [9.17, 15) is 18.8 Å². The molecule has 3 rings (SSSR count). The molecule has 1 saturated heterocycles. The highest BCUT2D eigenvalue weighted by Gasteiger charge is 2.23. The van der Waals surface area contributed by atoms with Crippen molar-refractivity contribution in [2.45, 2.75) is 12.8 Å². The van der Waals surface area contributed by atoms with Crippen LogP contribution in [0.25, 0.3) is 6.08 Å². The molecule has 0 bridgehead atoms. The molecule has 0 saturated carbocycles. The molecule has 1 aromatic heterocycles. The number of nitrogens with zero attached hydrogens (tertiary/aromatic N) is 1. The fraction of sp³-hybridized carbons (Fsp3) is 0.286. The predicted molar refractivity (Wildman–Crippen MR) is 110 cm³/mol. The van der Waals surface area contributed by atoms with E-state index in [1.807, 2.05) is 0 Å². The number of hydrogen-bond acceptors (Lipinski definition) is 4. The zero-order valence-electron chi connectivity index (χ0n) is 16.1. The van der Waals surface area contributed by atoms with Gasteiger partial charge >= 0.3 is 11.8 Å². The lowest BCUT2D eigenvalue weighted by Gasteiger charge is -2.31. The summed E-state index contributed by atoms with van der Waals surface area (Å²) in [4.78, 5) is 37.9. The summed E-state index contributed by atoms with van der Waals surface area (Å²) < 4.78 is 18.3. The number of carbonyl (C=O) groups is 3. The second-order valence-electron chi connectivity index (χ2n) is 6.91. The third-order valence-corrected chi connectivity index (χ3v) is 5.08. The number of benzene rings is 1. The lowest BCUT2D eigenvalue weighted by molar-refractivity contribution is -0.136. The van der Waals surface area contributed by atoms with Gasteiger partial charge in [0.25, 0.3) is 0 Å². The number of anilines is 1. The summed E-state index contributed by atoms with van der Waals surface area (Å²) in [5, 5.41) is 4.83. The Kier molecular flexibility index (Phi) is 7.24. The van der Waals surface area contributed by atoms with Crippen molar-refractivity contribution in [3.05, 3.63) is 59.3 Å². The van der Waals surface area contributed by atoms with Gasteiger partial charge in [0.2, 0.25) is 5.91 Å². The third-order valence-electron chi connectivity index (χ3n) is 4.79. The number of nitrogens with one attached hydrogen (secondary N) is 2. The van der Waals surface area contributed by atoms with Crippen LogP contribution in [0.4, 0.5) is 10.1 Å². The van der Waals surface area contributed by atoms with Gasteiger partial charge in [0, 0.05) is 31.4 Å².